The van der Waals surface area contributed by atoms with Crippen molar-refractivity contribution in [1.29, 1.82) is 0 Å². The van der Waals surface area contributed by atoms with Gasteiger partial charge >= 0.3 is 5.97 Å². The van der Waals surface area contributed by atoms with Crippen LogP contribution in [0.2, 0.25) is 10.0 Å². The lowest BCUT2D eigenvalue weighted by Gasteiger charge is -2.02. The Morgan fingerprint density at radius 1 is 1.07 bits per heavy atom. The Kier molecular flexibility index (Phi) is 6.18. The molecule has 3 aromatic rings. The molecule has 0 atom stereocenters. The summed E-state index contributed by atoms with van der Waals surface area (Å²) < 4.78 is 10.5. The van der Waals surface area contributed by atoms with Gasteiger partial charge in [0.05, 0.1) is 35.7 Å². The summed E-state index contributed by atoms with van der Waals surface area (Å²) >= 11 is 13.8. The normalized spacial score (nSPS) is 11.0. The number of methoxy groups -OCH3 is 2. The molecule has 0 aliphatic carbocycles. The topological polar surface area (TPSA) is 77.0 Å². The molecule has 1 heterocycles. The summed E-state index contributed by atoms with van der Waals surface area (Å²) in [4.78, 5) is 24.1. The number of benzene rings is 2. The van der Waals surface area contributed by atoms with Gasteiger partial charge in [0.2, 0.25) is 0 Å². The van der Waals surface area contributed by atoms with Crippen LogP contribution in [-0.2, 0) is 4.74 Å². The Bertz CT molecular complexity index is 1080. The third-order valence-corrected chi connectivity index (χ3v) is 6.05. The van der Waals surface area contributed by atoms with Crippen LogP contribution in [0.5, 0.6) is 5.75 Å². The SMILES string of the molecule is COC(=O)c1ccc(/C=N/NC(=O)c2sc3c(Cl)c(OC)ccc3c2Cl)cc1. The van der Waals surface area contributed by atoms with E-state index in [1.165, 1.54) is 20.4 Å². The van der Waals surface area contributed by atoms with Crippen molar-refractivity contribution < 1.29 is 19.1 Å². The molecular weight excluding hydrogens is 423 g/mol. The second kappa shape index (κ2) is 8.60. The van der Waals surface area contributed by atoms with E-state index in [4.69, 9.17) is 27.9 Å². The van der Waals surface area contributed by atoms with Crippen molar-refractivity contribution in [3.8, 4) is 5.75 Å². The molecule has 0 saturated heterocycles. The summed E-state index contributed by atoms with van der Waals surface area (Å²) in [6.07, 6.45) is 1.45. The van der Waals surface area contributed by atoms with Gasteiger partial charge in [-0.05, 0) is 29.8 Å². The zero-order valence-electron chi connectivity index (χ0n) is 14.8. The number of hydrazone groups is 1. The highest BCUT2D eigenvalue weighted by Crippen LogP contribution is 2.42. The van der Waals surface area contributed by atoms with Gasteiger partial charge < -0.3 is 9.47 Å². The van der Waals surface area contributed by atoms with Crippen LogP contribution in [0.15, 0.2) is 41.5 Å². The van der Waals surface area contributed by atoms with E-state index in [1.54, 1.807) is 36.4 Å². The summed E-state index contributed by atoms with van der Waals surface area (Å²) in [6.45, 7) is 0. The molecule has 6 nitrogen and oxygen atoms in total. The van der Waals surface area contributed by atoms with Crippen molar-refractivity contribution in [3.05, 3.63) is 62.4 Å². The Hall–Kier alpha value is -2.61. The minimum absolute atomic E-state index is 0.296. The monoisotopic (exact) mass is 436 g/mol. The minimum Gasteiger partial charge on any atom is -0.495 e. The van der Waals surface area contributed by atoms with E-state index in [9.17, 15) is 9.59 Å². The van der Waals surface area contributed by atoms with Crippen LogP contribution in [0.3, 0.4) is 0 Å². The van der Waals surface area contributed by atoms with Crippen LogP contribution in [0.4, 0.5) is 0 Å². The van der Waals surface area contributed by atoms with Crippen LogP contribution in [0, 0.1) is 0 Å². The summed E-state index contributed by atoms with van der Waals surface area (Å²) in [5.41, 5.74) is 3.56. The van der Waals surface area contributed by atoms with Gasteiger partial charge in [-0.3, -0.25) is 4.79 Å². The fourth-order valence-electron chi connectivity index (χ4n) is 2.42. The molecule has 0 fully saturated rings. The molecule has 2 aromatic carbocycles. The van der Waals surface area contributed by atoms with Gasteiger partial charge in [0, 0.05) is 5.39 Å². The number of nitrogens with one attached hydrogen (secondary N) is 1. The first-order valence-corrected chi connectivity index (χ1v) is 9.49. The standard InChI is InChI=1S/C19H14Cl2N2O4S/c1-26-13-8-7-12-14(20)17(28-16(12)15(13)21)18(24)23-22-9-10-3-5-11(6-4-10)19(25)27-2/h3-9H,1-2H3,(H,23,24)/b22-9+. The van der Waals surface area contributed by atoms with Gasteiger partial charge in [0.1, 0.15) is 15.6 Å². The maximum Gasteiger partial charge on any atom is 0.337 e. The van der Waals surface area contributed by atoms with Crippen molar-refractivity contribution in [2.75, 3.05) is 14.2 Å². The predicted octanol–water partition coefficient (Wildman–Crippen LogP) is 4.77. The van der Waals surface area contributed by atoms with Gasteiger partial charge in [0.15, 0.2) is 0 Å². The number of thiophene rings is 1. The van der Waals surface area contributed by atoms with Crippen molar-refractivity contribution in [2.24, 2.45) is 5.10 Å². The molecule has 0 aliphatic rings. The highest BCUT2D eigenvalue weighted by molar-refractivity contribution is 7.22. The molecule has 144 valence electrons. The number of ether oxygens (including phenoxy) is 2. The quantitative estimate of drug-likeness (QED) is 0.355. The molecule has 0 radical (unpaired) electrons. The smallest absolute Gasteiger partial charge is 0.337 e. The number of hydrogen-bond donors (Lipinski definition) is 1. The number of esters is 1. The number of halogens is 2. The first-order chi connectivity index (χ1) is 13.5. The Balaban J connectivity index is 1.76. The lowest BCUT2D eigenvalue weighted by atomic mass is 10.1. The van der Waals surface area contributed by atoms with Crippen LogP contribution in [0.1, 0.15) is 25.6 Å². The third-order valence-electron chi connectivity index (χ3n) is 3.84. The average Bonchev–Trinajstić information content (AvgIpc) is 3.06. The van der Waals surface area contributed by atoms with Gasteiger partial charge in [-0.1, -0.05) is 35.3 Å². The number of amides is 1. The summed E-state index contributed by atoms with van der Waals surface area (Å²) in [5, 5.41) is 5.31. The molecule has 9 heteroatoms. The molecule has 0 spiro atoms. The molecule has 0 bridgehead atoms. The highest BCUT2D eigenvalue weighted by Gasteiger charge is 2.20. The van der Waals surface area contributed by atoms with E-state index >= 15 is 0 Å². The second-order valence-electron chi connectivity index (χ2n) is 5.52. The largest absolute Gasteiger partial charge is 0.495 e. The van der Waals surface area contributed by atoms with Crippen molar-refractivity contribution in [2.45, 2.75) is 0 Å². The zero-order chi connectivity index (χ0) is 20.3. The fourth-order valence-corrected chi connectivity index (χ4v) is 4.21. The van der Waals surface area contributed by atoms with E-state index in [-0.39, 0.29) is 0 Å². The van der Waals surface area contributed by atoms with E-state index in [1.807, 2.05) is 0 Å². The lowest BCUT2D eigenvalue weighted by molar-refractivity contribution is 0.0600. The minimum atomic E-state index is -0.455. The number of carbonyl (C=O) groups is 2. The number of nitrogens with zero attached hydrogens (tertiary/aromatic N) is 1. The zero-order valence-corrected chi connectivity index (χ0v) is 17.1. The van der Waals surface area contributed by atoms with E-state index < -0.39 is 11.9 Å². The van der Waals surface area contributed by atoms with Crippen molar-refractivity contribution >= 4 is 62.7 Å². The molecule has 0 aliphatic heterocycles. The van der Waals surface area contributed by atoms with Gasteiger partial charge in [0.25, 0.3) is 5.91 Å². The number of rotatable bonds is 5. The van der Waals surface area contributed by atoms with Crippen LogP contribution >= 0.6 is 34.5 Å². The molecular formula is C19H14Cl2N2O4S. The maximum absolute atomic E-state index is 12.4. The first kappa shape index (κ1) is 20.1. The number of fused-ring (bicyclic) bond motifs is 1. The van der Waals surface area contributed by atoms with Gasteiger partial charge in [-0.2, -0.15) is 5.10 Å². The van der Waals surface area contributed by atoms with Crippen LogP contribution in [0.25, 0.3) is 10.1 Å². The molecule has 1 amide bonds. The average molecular weight is 437 g/mol. The molecule has 1 aromatic heterocycles. The maximum atomic E-state index is 12.4. The van der Waals surface area contributed by atoms with E-state index in [2.05, 4.69) is 15.3 Å². The predicted molar refractivity (Wildman–Crippen MR) is 111 cm³/mol. The molecule has 3 rings (SSSR count). The van der Waals surface area contributed by atoms with Crippen molar-refractivity contribution in [1.82, 2.24) is 5.43 Å². The van der Waals surface area contributed by atoms with Crippen LogP contribution < -0.4 is 10.2 Å². The molecule has 28 heavy (non-hydrogen) atoms. The van der Waals surface area contributed by atoms with E-state index in [0.717, 1.165) is 11.3 Å². The highest BCUT2D eigenvalue weighted by atomic mass is 35.5. The third kappa shape index (κ3) is 3.96. The summed E-state index contributed by atoms with van der Waals surface area (Å²) in [7, 11) is 2.83. The van der Waals surface area contributed by atoms with Crippen molar-refractivity contribution in [3.63, 3.8) is 0 Å². The van der Waals surface area contributed by atoms with Crippen LogP contribution in [-0.4, -0.2) is 32.3 Å². The lowest BCUT2D eigenvalue weighted by Crippen LogP contribution is -2.16. The van der Waals surface area contributed by atoms with Gasteiger partial charge in [-0.25, -0.2) is 10.2 Å². The Labute approximate surface area is 174 Å². The number of carbonyl (C=O) groups excluding carboxylic acids is 2. The van der Waals surface area contributed by atoms with Gasteiger partial charge in [-0.15, -0.1) is 11.3 Å². The number of hydrogen-bond acceptors (Lipinski definition) is 6. The molecule has 1 N–H and O–H groups in total. The fraction of sp³-hybridized carbons (Fsp3) is 0.105. The second-order valence-corrected chi connectivity index (χ2v) is 7.29. The first-order valence-electron chi connectivity index (χ1n) is 7.92. The molecule has 0 unspecified atom stereocenters. The van der Waals surface area contributed by atoms with E-state index in [0.29, 0.717) is 41.9 Å². The Morgan fingerprint density at radius 3 is 2.43 bits per heavy atom. The summed E-state index contributed by atoms with van der Waals surface area (Å²) in [5.74, 6) is -0.373. The Morgan fingerprint density at radius 2 is 1.79 bits per heavy atom. The molecule has 0 saturated carbocycles. The summed E-state index contributed by atoms with van der Waals surface area (Å²) in [6, 6.07) is 10.0.